The van der Waals surface area contributed by atoms with E-state index in [1.54, 1.807) is 17.0 Å². The molecule has 0 saturated carbocycles. The van der Waals surface area contributed by atoms with Crippen molar-refractivity contribution in [3.63, 3.8) is 0 Å². The van der Waals surface area contributed by atoms with E-state index in [1.165, 1.54) is 0 Å². The van der Waals surface area contributed by atoms with Crippen LogP contribution < -0.4 is 10.5 Å². The smallest absolute Gasteiger partial charge is 0.293 e. The van der Waals surface area contributed by atoms with E-state index in [2.05, 4.69) is 25.8 Å². The molecule has 1 fully saturated rings. The lowest BCUT2D eigenvalue weighted by Gasteiger charge is -2.18. The number of nitrogens with zero attached hydrogens (tertiary/aromatic N) is 3. The molecule has 16 heavy (non-hydrogen) atoms. The number of alkyl halides is 1. The Hall–Kier alpha value is -0.840. The second-order valence-electron chi connectivity index (χ2n) is 4.39. The van der Waals surface area contributed by atoms with Gasteiger partial charge in [-0.05, 0) is 20.3 Å². The maximum Gasteiger partial charge on any atom is 0.293 e. The van der Waals surface area contributed by atoms with Crippen molar-refractivity contribution in [1.29, 1.82) is 0 Å². The first kappa shape index (κ1) is 11.6. The van der Waals surface area contributed by atoms with Crippen LogP contribution in [-0.4, -0.2) is 27.5 Å². The Morgan fingerprint density at radius 2 is 2.31 bits per heavy atom. The van der Waals surface area contributed by atoms with E-state index in [1.807, 2.05) is 13.8 Å². The fraction of sp³-hybridized carbons (Fsp3) is 0.636. The third kappa shape index (κ3) is 2.14. The summed E-state index contributed by atoms with van der Waals surface area (Å²) in [7, 11) is 0. The Bertz CT molecular complexity index is 429. The summed E-state index contributed by atoms with van der Waals surface area (Å²) in [5, 5.41) is 0. The van der Waals surface area contributed by atoms with Crippen molar-refractivity contribution in [3.8, 4) is 0 Å². The van der Waals surface area contributed by atoms with Gasteiger partial charge in [-0.2, -0.15) is 0 Å². The lowest BCUT2D eigenvalue weighted by atomic mass is 10.4. The highest BCUT2D eigenvalue weighted by Crippen LogP contribution is 2.19. The molecule has 5 heteroatoms. The quantitative estimate of drug-likeness (QED) is 0.778. The van der Waals surface area contributed by atoms with Crippen molar-refractivity contribution in [2.45, 2.75) is 31.1 Å². The topological polar surface area (TPSA) is 38.1 Å². The van der Waals surface area contributed by atoms with E-state index in [0.29, 0.717) is 10.6 Å². The standard InChI is InChI=1S/C11H16BrN3O/c1-8(2)15-6-4-13-10(11(15)16)14-5-3-9(12)7-14/h4,6,8-9H,3,5,7H2,1-2H3. The predicted octanol–water partition coefficient (Wildman–Crippen LogP) is 1.80. The van der Waals surface area contributed by atoms with Gasteiger partial charge in [-0.3, -0.25) is 4.79 Å². The van der Waals surface area contributed by atoms with Crippen LogP contribution in [0.5, 0.6) is 0 Å². The van der Waals surface area contributed by atoms with Gasteiger partial charge >= 0.3 is 0 Å². The van der Waals surface area contributed by atoms with Crippen LogP contribution in [-0.2, 0) is 0 Å². The zero-order valence-electron chi connectivity index (χ0n) is 9.56. The van der Waals surface area contributed by atoms with Crippen LogP contribution in [0.15, 0.2) is 17.2 Å². The minimum atomic E-state index is 0.0131. The summed E-state index contributed by atoms with van der Waals surface area (Å²) >= 11 is 3.57. The second kappa shape index (κ2) is 4.57. The van der Waals surface area contributed by atoms with Crippen molar-refractivity contribution in [2.24, 2.45) is 0 Å². The van der Waals surface area contributed by atoms with Gasteiger partial charge in [-0.15, -0.1) is 0 Å². The summed E-state index contributed by atoms with van der Waals surface area (Å²) in [5.74, 6) is 0.582. The average Bonchev–Trinajstić information content (AvgIpc) is 2.64. The fourth-order valence-corrected chi connectivity index (χ4v) is 2.50. The highest BCUT2D eigenvalue weighted by atomic mass is 79.9. The monoisotopic (exact) mass is 285 g/mol. The molecular weight excluding hydrogens is 270 g/mol. The van der Waals surface area contributed by atoms with E-state index < -0.39 is 0 Å². The molecule has 0 spiro atoms. The van der Waals surface area contributed by atoms with Crippen LogP contribution >= 0.6 is 15.9 Å². The van der Waals surface area contributed by atoms with Gasteiger partial charge in [0.15, 0.2) is 5.82 Å². The van der Waals surface area contributed by atoms with Crippen molar-refractivity contribution >= 4 is 21.7 Å². The molecule has 0 bridgehead atoms. The van der Waals surface area contributed by atoms with Gasteiger partial charge in [-0.25, -0.2) is 4.98 Å². The van der Waals surface area contributed by atoms with Crippen molar-refractivity contribution < 1.29 is 0 Å². The molecule has 4 nitrogen and oxygen atoms in total. The molecule has 0 N–H and O–H groups in total. The summed E-state index contributed by atoms with van der Waals surface area (Å²) < 4.78 is 1.73. The molecule has 2 rings (SSSR count). The van der Waals surface area contributed by atoms with Crippen molar-refractivity contribution in [3.05, 3.63) is 22.7 Å². The van der Waals surface area contributed by atoms with Crippen LogP contribution in [0.3, 0.4) is 0 Å². The maximum atomic E-state index is 12.1. The zero-order valence-corrected chi connectivity index (χ0v) is 11.1. The number of rotatable bonds is 2. The number of hydrogen-bond donors (Lipinski definition) is 0. The summed E-state index contributed by atoms with van der Waals surface area (Å²) in [4.78, 5) is 18.9. The van der Waals surface area contributed by atoms with Crippen LogP contribution in [0, 0.1) is 0 Å². The van der Waals surface area contributed by atoms with Gasteiger partial charge < -0.3 is 9.47 Å². The van der Waals surface area contributed by atoms with Gasteiger partial charge in [0.25, 0.3) is 5.56 Å². The Morgan fingerprint density at radius 3 is 2.88 bits per heavy atom. The van der Waals surface area contributed by atoms with E-state index in [-0.39, 0.29) is 11.6 Å². The normalized spacial score (nSPS) is 20.8. The number of halogens is 1. The third-order valence-electron chi connectivity index (χ3n) is 2.84. The Labute approximate surface area is 103 Å². The molecule has 0 amide bonds. The van der Waals surface area contributed by atoms with E-state index in [0.717, 1.165) is 19.5 Å². The van der Waals surface area contributed by atoms with E-state index in [9.17, 15) is 4.79 Å². The molecule has 1 aliphatic heterocycles. The lowest BCUT2D eigenvalue weighted by Crippen LogP contribution is -2.32. The average molecular weight is 286 g/mol. The molecular formula is C11H16BrN3O. The number of hydrogen-bond acceptors (Lipinski definition) is 3. The molecule has 88 valence electrons. The van der Waals surface area contributed by atoms with Gasteiger partial charge in [0, 0.05) is 36.4 Å². The minimum Gasteiger partial charge on any atom is -0.351 e. The van der Waals surface area contributed by atoms with Crippen LogP contribution in [0.4, 0.5) is 5.82 Å². The summed E-state index contributed by atoms with van der Waals surface area (Å²) in [5.41, 5.74) is 0.0131. The number of anilines is 1. The van der Waals surface area contributed by atoms with Crippen molar-refractivity contribution in [2.75, 3.05) is 18.0 Å². The predicted molar refractivity (Wildman–Crippen MR) is 68.4 cm³/mol. The van der Waals surface area contributed by atoms with E-state index >= 15 is 0 Å². The molecule has 1 atom stereocenters. The molecule has 0 radical (unpaired) electrons. The second-order valence-corrected chi connectivity index (χ2v) is 5.68. The Kier molecular flexibility index (Phi) is 3.33. The van der Waals surface area contributed by atoms with Crippen LogP contribution in [0.25, 0.3) is 0 Å². The van der Waals surface area contributed by atoms with Gasteiger partial charge in [0.1, 0.15) is 0 Å². The highest BCUT2D eigenvalue weighted by Gasteiger charge is 2.23. The molecule has 1 aliphatic rings. The fourth-order valence-electron chi connectivity index (χ4n) is 1.95. The number of aromatic nitrogens is 2. The SMILES string of the molecule is CC(C)n1ccnc(N2CCC(Br)C2)c1=O. The van der Waals surface area contributed by atoms with Gasteiger partial charge in [-0.1, -0.05) is 15.9 Å². The molecule has 1 aromatic rings. The minimum absolute atomic E-state index is 0.0131. The molecule has 1 unspecified atom stereocenters. The lowest BCUT2D eigenvalue weighted by molar-refractivity contribution is 0.572. The summed E-state index contributed by atoms with van der Waals surface area (Å²) in [6.45, 7) is 5.77. The Morgan fingerprint density at radius 1 is 1.56 bits per heavy atom. The van der Waals surface area contributed by atoms with Crippen LogP contribution in [0.1, 0.15) is 26.3 Å². The van der Waals surface area contributed by atoms with Crippen molar-refractivity contribution in [1.82, 2.24) is 9.55 Å². The molecule has 1 saturated heterocycles. The first-order chi connectivity index (χ1) is 7.59. The summed E-state index contributed by atoms with van der Waals surface area (Å²) in [6, 6.07) is 0.177. The molecule has 0 aromatic carbocycles. The molecule has 1 aromatic heterocycles. The maximum absolute atomic E-state index is 12.1. The molecule has 0 aliphatic carbocycles. The zero-order chi connectivity index (χ0) is 11.7. The summed E-state index contributed by atoms with van der Waals surface area (Å²) in [6.07, 6.45) is 4.52. The van der Waals surface area contributed by atoms with Crippen LogP contribution in [0.2, 0.25) is 0 Å². The van der Waals surface area contributed by atoms with Gasteiger partial charge in [0.2, 0.25) is 0 Å². The first-order valence-electron chi connectivity index (χ1n) is 5.55. The first-order valence-corrected chi connectivity index (χ1v) is 6.47. The third-order valence-corrected chi connectivity index (χ3v) is 3.58. The van der Waals surface area contributed by atoms with E-state index in [4.69, 9.17) is 0 Å². The van der Waals surface area contributed by atoms with Gasteiger partial charge in [0.05, 0.1) is 0 Å². The highest BCUT2D eigenvalue weighted by molar-refractivity contribution is 9.09. The molecule has 2 heterocycles. The Balaban J connectivity index is 2.35. The largest absolute Gasteiger partial charge is 0.351 e.